The number of nitrogens with two attached hydrogens (primary N) is 1. The van der Waals surface area contributed by atoms with Crippen molar-refractivity contribution in [1.82, 2.24) is 4.90 Å². The first-order chi connectivity index (χ1) is 16.1. The van der Waals surface area contributed by atoms with Crippen LogP contribution in [0.3, 0.4) is 0 Å². The average Bonchev–Trinajstić information content (AvgIpc) is 2.80. The molecule has 0 fully saturated rings. The molecule has 7 nitrogen and oxygen atoms in total. The molecule has 10 heteroatoms. The van der Waals surface area contributed by atoms with Crippen molar-refractivity contribution in [3.63, 3.8) is 0 Å². The third-order valence-corrected chi connectivity index (χ3v) is 5.40. The maximum Gasteiger partial charge on any atom is 0.416 e. The zero-order valence-electron chi connectivity index (χ0n) is 18.6. The van der Waals surface area contributed by atoms with Gasteiger partial charge in [-0.15, -0.1) is 0 Å². The lowest BCUT2D eigenvalue weighted by Crippen LogP contribution is -2.52. The van der Waals surface area contributed by atoms with Gasteiger partial charge in [-0.25, -0.2) is 9.59 Å². The van der Waals surface area contributed by atoms with Crippen LogP contribution < -0.4 is 10.6 Å². The molecule has 3 rings (SSSR count). The second kappa shape index (κ2) is 9.97. The third kappa shape index (κ3) is 4.75. The molecule has 0 radical (unpaired) electrons. The zero-order chi connectivity index (χ0) is 25.0. The number of anilines is 1. The van der Waals surface area contributed by atoms with Crippen molar-refractivity contribution in [2.75, 3.05) is 24.6 Å². The second-order valence-electron chi connectivity index (χ2n) is 7.50. The van der Waals surface area contributed by atoms with Crippen molar-refractivity contribution in [3.05, 3.63) is 76.5 Å². The number of hydrogen-bond acceptors (Lipinski definition) is 5. The van der Waals surface area contributed by atoms with E-state index in [-0.39, 0.29) is 36.7 Å². The fourth-order valence-electron chi connectivity index (χ4n) is 3.90. The number of alkyl halides is 3. The molecule has 0 saturated carbocycles. The largest absolute Gasteiger partial charge is 0.463 e. The molecule has 178 valence electrons. The number of allylic oxidation sites excluding steroid dienone is 1. The minimum atomic E-state index is -4.61. The van der Waals surface area contributed by atoms with Gasteiger partial charge in [0.15, 0.2) is 0 Å². The Morgan fingerprint density at radius 1 is 1.21 bits per heavy atom. The molecule has 1 aliphatic rings. The van der Waals surface area contributed by atoms with Gasteiger partial charge in [0.2, 0.25) is 0 Å². The van der Waals surface area contributed by atoms with Crippen LogP contribution in [0.15, 0.2) is 59.8 Å². The van der Waals surface area contributed by atoms with Crippen LogP contribution in [0, 0.1) is 11.3 Å². The van der Waals surface area contributed by atoms with E-state index in [1.54, 1.807) is 31.2 Å². The van der Waals surface area contributed by atoms with Crippen LogP contribution in [-0.2, 0) is 15.7 Å². The number of carbonyl (C=O) groups is 2. The second-order valence-corrected chi connectivity index (χ2v) is 7.50. The molecule has 2 N–H and O–H groups in total. The average molecular weight is 472 g/mol. The third-order valence-electron chi connectivity index (χ3n) is 5.40. The molecule has 1 heterocycles. The minimum absolute atomic E-state index is 0.0230. The van der Waals surface area contributed by atoms with E-state index in [4.69, 9.17) is 15.7 Å². The summed E-state index contributed by atoms with van der Waals surface area (Å²) in [4.78, 5) is 29.1. The van der Waals surface area contributed by atoms with E-state index >= 15 is 0 Å². The monoisotopic (exact) mass is 472 g/mol. The first-order valence-corrected chi connectivity index (χ1v) is 10.5. The molecule has 0 bridgehead atoms. The smallest absolute Gasteiger partial charge is 0.416 e. The lowest BCUT2D eigenvalue weighted by Gasteiger charge is -2.42. The number of halogens is 3. The maximum absolute atomic E-state index is 13.6. The van der Waals surface area contributed by atoms with E-state index in [1.807, 2.05) is 6.07 Å². The first kappa shape index (κ1) is 24.8. The van der Waals surface area contributed by atoms with Crippen molar-refractivity contribution in [3.8, 4) is 6.07 Å². The van der Waals surface area contributed by atoms with Crippen LogP contribution in [0.2, 0.25) is 0 Å². The Labute approximate surface area is 194 Å². The fraction of sp³-hybridized carbons (Fsp3) is 0.292. The van der Waals surface area contributed by atoms with Crippen LogP contribution in [-0.4, -0.2) is 36.6 Å². The van der Waals surface area contributed by atoms with Crippen LogP contribution in [0.5, 0.6) is 0 Å². The number of carbonyl (C=O) groups excluding carboxylic acids is 2. The molecule has 2 aromatic carbocycles. The first-order valence-electron chi connectivity index (χ1n) is 10.5. The summed E-state index contributed by atoms with van der Waals surface area (Å²) in [6.07, 6.45) is -4.61. The van der Waals surface area contributed by atoms with Crippen molar-refractivity contribution in [2.45, 2.75) is 26.1 Å². The van der Waals surface area contributed by atoms with Gasteiger partial charge in [0.1, 0.15) is 0 Å². The van der Waals surface area contributed by atoms with E-state index in [9.17, 15) is 22.8 Å². The number of amides is 2. The number of esters is 1. The zero-order valence-corrected chi connectivity index (χ0v) is 18.6. The molecule has 0 aliphatic carbocycles. The number of rotatable bonds is 6. The molecule has 1 atom stereocenters. The number of nitrogens with zero attached hydrogens (tertiary/aromatic N) is 3. The predicted octanol–water partition coefficient (Wildman–Crippen LogP) is 4.36. The summed E-state index contributed by atoms with van der Waals surface area (Å²) in [5, 5.41) is 9.11. The van der Waals surface area contributed by atoms with Gasteiger partial charge in [-0.1, -0.05) is 18.2 Å². The Bertz CT molecular complexity index is 1150. The summed E-state index contributed by atoms with van der Waals surface area (Å²) in [5.74, 6) is -0.708. The SMILES string of the molecule is CCOC(=O)C1=C(C)N(c2cccc(C(F)(F)F)c2)C(=O)N(CCN)[C@@H]1c1ccc(C#N)cc1. The van der Waals surface area contributed by atoms with Gasteiger partial charge < -0.3 is 15.4 Å². The molecule has 1 aliphatic heterocycles. The van der Waals surface area contributed by atoms with Gasteiger partial charge in [0.05, 0.1) is 41.1 Å². The summed E-state index contributed by atoms with van der Waals surface area (Å²) < 4.78 is 45.3. The van der Waals surface area contributed by atoms with Gasteiger partial charge in [0.25, 0.3) is 0 Å². The van der Waals surface area contributed by atoms with E-state index in [0.29, 0.717) is 11.1 Å². The quantitative estimate of drug-likeness (QED) is 0.630. The molecule has 0 spiro atoms. The summed E-state index contributed by atoms with van der Waals surface area (Å²) in [6.45, 7) is 3.24. The van der Waals surface area contributed by atoms with E-state index in [1.165, 1.54) is 24.0 Å². The van der Waals surface area contributed by atoms with Gasteiger partial charge in [-0.05, 0) is 49.7 Å². The maximum atomic E-state index is 13.6. The van der Waals surface area contributed by atoms with Gasteiger partial charge >= 0.3 is 18.2 Å². The molecule has 2 amide bonds. The Morgan fingerprint density at radius 3 is 2.44 bits per heavy atom. The van der Waals surface area contributed by atoms with Crippen molar-refractivity contribution in [2.24, 2.45) is 5.73 Å². The molecular formula is C24H23F3N4O3. The van der Waals surface area contributed by atoms with Crippen LogP contribution in [0.25, 0.3) is 0 Å². The minimum Gasteiger partial charge on any atom is -0.463 e. The molecule has 0 aromatic heterocycles. The normalized spacial score (nSPS) is 16.5. The van der Waals surface area contributed by atoms with Gasteiger partial charge in [0, 0.05) is 18.8 Å². The number of benzene rings is 2. The molecule has 34 heavy (non-hydrogen) atoms. The highest BCUT2D eigenvalue weighted by atomic mass is 19.4. The van der Waals surface area contributed by atoms with Gasteiger partial charge in [-0.3, -0.25) is 4.90 Å². The lowest BCUT2D eigenvalue weighted by atomic mass is 9.92. The number of nitriles is 1. The van der Waals surface area contributed by atoms with Crippen molar-refractivity contribution < 1.29 is 27.5 Å². The van der Waals surface area contributed by atoms with Crippen LogP contribution in [0.1, 0.15) is 36.6 Å². The Balaban J connectivity index is 2.25. The summed E-state index contributed by atoms with van der Waals surface area (Å²) >= 11 is 0. The molecular weight excluding hydrogens is 449 g/mol. The number of ether oxygens (including phenoxy) is 1. The van der Waals surface area contributed by atoms with E-state index in [0.717, 1.165) is 17.0 Å². The molecule has 2 aromatic rings. The molecule has 0 saturated heterocycles. The highest BCUT2D eigenvalue weighted by molar-refractivity contribution is 6.03. The van der Waals surface area contributed by atoms with Crippen LogP contribution in [0.4, 0.5) is 23.7 Å². The predicted molar refractivity (Wildman–Crippen MR) is 118 cm³/mol. The highest BCUT2D eigenvalue weighted by Crippen LogP contribution is 2.41. The highest BCUT2D eigenvalue weighted by Gasteiger charge is 2.43. The Morgan fingerprint density at radius 2 is 1.88 bits per heavy atom. The lowest BCUT2D eigenvalue weighted by molar-refractivity contribution is -0.139. The Hall–Kier alpha value is -3.84. The summed E-state index contributed by atoms with van der Waals surface area (Å²) in [5.41, 5.74) is 5.94. The van der Waals surface area contributed by atoms with Crippen LogP contribution >= 0.6 is 0 Å². The Kier molecular flexibility index (Phi) is 7.27. The standard InChI is InChI=1S/C24H23F3N4O3/c1-3-34-22(32)20-15(2)31(19-6-4-5-18(13-19)24(25,26)27)23(33)30(12-11-28)21(20)17-9-7-16(14-29)8-10-17/h4-10,13,21H,3,11-12,28H2,1-2H3/t21-/m1/s1. The molecule has 0 unspecified atom stereocenters. The van der Waals surface area contributed by atoms with Crippen molar-refractivity contribution in [1.29, 1.82) is 5.26 Å². The van der Waals surface area contributed by atoms with E-state index < -0.39 is 29.8 Å². The fourth-order valence-corrected chi connectivity index (χ4v) is 3.90. The summed E-state index contributed by atoms with van der Waals surface area (Å²) in [7, 11) is 0. The van der Waals surface area contributed by atoms with Gasteiger partial charge in [-0.2, -0.15) is 18.4 Å². The topological polar surface area (TPSA) is 99.7 Å². The number of hydrogen-bond donors (Lipinski definition) is 1. The van der Waals surface area contributed by atoms with Crippen molar-refractivity contribution >= 4 is 17.7 Å². The number of urea groups is 1. The summed E-state index contributed by atoms with van der Waals surface area (Å²) in [6, 6.07) is 11.1. The van der Waals surface area contributed by atoms with E-state index in [2.05, 4.69) is 0 Å².